The van der Waals surface area contributed by atoms with Crippen molar-refractivity contribution >= 4 is 29.1 Å². The fourth-order valence-electron chi connectivity index (χ4n) is 3.90. The number of pyridine rings is 1. The zero-order valence-electron chi connectivity index (χ0n) is 23.3. The zero-order chi connectivity index (χ0) is 30.3. The van der Waals surface area contributed by atoms with Crippen molar-refractivity contribution in [2.45, 2.75) is 13.1 Å². The topological polar surface area (TPSA) is 100 Å². The highest BCUT2D eigenvalue weighted by Crippen LogP contribution is 2.30. The number of nitrogens with zero attached hydrogens (tertiary/aromatic N) is 4. The monoisotopic (exact) mass is 573 g/mol. The van der Waals surface area contributed by atoms with Gasteiger partial charge in [-0.25, -0.2) is 4.98 Å². The van der Waals surface area contributed by atoms with Crippen molar-refractivity contribution in [2.24, 2.45) is 10.7 Å². The lowest BCUT2D eigenvalue weighted by Gasteiger charge is -2.10. The fourth-order valence-corrected chi connectivity index (χ4v) is 3.90. The lowest BCUT2D eigenvalue weighted by atomic mass is 10.0. The first-order valence-corrected chi connectivity index (χ1v) is 13.0. The van der Waals surface area contributed by atoms with Crippen LogP contribution in [-0.2, 0) is 6.18 Å². The molecule has 216 valence electrons. The summed E-state index contributed by atoms with van der Waals surface area (Å²) >= 11 is 0. The number of nitrogens with two attached hydrogens (primary N) is 1. The molecule has 2 aromatic carbocycles. The van der Waals surface area contributed by atoms with E-state index in [-0.39, 0.29) is 11.3 Å². The third kappa shape index (κ3) is 7.56. The number of aryl methyl sites for hydroxylation is 1. The van der Waals surface area contributed by atoms with Gasteiger partial charge in [0.15, 0.2) is 5.65 Å². The van der Waals surface area contributed by atoms with Gasteiger partial charge in [0, 0.05) is 42.0 Å². The summed E-state index contributed by atoms with van der Waals surface area (Å²) in [6, 6.07) is 13.2. The number of imidazole rings is 1. The summed E-state index contributed by atoms with van der Waals surface area (Å²) in [5.74, 6) is 5.66. The summed E-state index contributed by atoms with van der Waals surface area (Å²) in [4.78, 5) is 23.8. The second kappa shape index (κ2) is 13.1. The van der Waals surface area contributed by atoms with Gasteiger partial charge in [-0.05, 0) is 75.0 Å². The smallest absolute Gasteiger partial charge is 0.403 e. The lowest BCUT2D eigenvalue weighted by Crippen LogP contribution is -2.15. The molecular formula is C31H30F3N7O. The number of fused-ring (bicyclic) bond motifs is 1. The quantitative estimate of drug-likeness (QED) is 0.200. The molecule has 0 aliphatic heterocycles. The van der Waals surface area contributed by atoms with Gasteiger partial charge in [-0.3, -0.25) is 14.2 Å². The summed E-state index contributed by atoms with van der Waals surface area (Å²) in [5.41, 5.74) is 9.27. The minimum atomic E-state index is -4.51. The molecule has 0 unspecified atom stereocenters. The van der Waals surface area contributed by atoms with E-state index in [1.165, 1.54) is 18.3 Å². The van der Waals surface area contributed by atoms with Crippen molar-refractivity contribution in [3.63, 3.8) is 0 Å². The predicted molar refractivity (Wildman–Crippen MR) is 160 cm³/mol. The van der Waals surface area contributed by atoms with Crippen LogP contribution in [0.4, 0.5) is 24.5 Å². The molecular weight excluding hydrogens is 543 g/mol. The molecule has 0 aliphatic carbocycles. The van der Waals surface area contributed by atoms with E-state index in [0.29, 0.717) is 34.8 Å². The van der Waals surface area contributed by atoms with Crippen LogP contribution in [0.3, 0.4) is 0 Å². The molecule has 0 saturated carbocycles. The molecule has 0 bridgehead atoms. The first kappa shape index (κ1) is 29.9. The molecule has 4 N–H and O–H groups in total. The second-order valence-electron chi connectivity index (χ2n) is 9.66. The summed E-state index contributed by atoms with van der Waals surface area (Å²) in [6.07, 6.45) is 2.08. The molecule has 0 spiro atoms. The molecule has 0 fully saturated rings. The van der Waals surface area contributed by atoms with Crippen LogP contribution in [0, 0.1) is 18.8 Å². The Morgan fingerprint density at radius 1 is 1.12 bits per heavy atom. The minimum absolute atomic E-state index is 0.0469. The number of aliphatic imine (C=N–C) groups is 1. The number of hydrogen-bond donors (Lipinski definition) is 3. The summed E-state index contributed by atoms with van der Waals surface area (Å²) in [6.45, 7) is 3.30. The summed E-state index contributed by atoms with van der Waals surface area (Å²) in [5, 5.41) is 5.77. The fraction of sp³-hybridized carbons (Fsp3) is 0.194. The molecule has 11 heteroatoms. The number of nitrogens with one attached hydrogen (secondary N) is 2. The number of amides is 1. The third-order valence-corrected chi connectivity index (χ3v) is 6.17. The largest absolute Gasteiger partial charge is 0.416 e. The minimum Gasteiger partial charge on any atom is -0.403 e. The zero-order valence-corrected chi connectivity index (χ0v) is 23.3. The van der Waals surface area contributed by atoms with Crippen LogP contribution in [0.5, 0.6) is 0 Å². The Balaban J connectivity index is 1.53. The average molecular weight is 574 g/mol. The van der Waals surface area contributed by atoms with E-state index in [1.807, 2.05) is 48.6 Å². The van der Waals surface area contributed by atoms with Gasteiger partial charge in [0.2, 0.25) is 0 Å². The number of aromatic nitrogens is 2. The van der Waals surface area contributed by atoms with Gasteiger partial charge in [-0.15, -0.1) is 0 Å². The van der Waals surface area contributed by atoms with Crippen LogP contribution < -0.4 is 16.4 Å². The summed E-state index contributed by atoms with van der Waals surface area (Å²) < 4.78 is 41.0. The Labute approximate surface area is 241 Å². The van der Waals surface area contributed by atoms with E-state index < -0.39 is 17.6 Å². The van der Waals surface area contributed by atoms with Gasteiger partial charge in [-0.1, -0.05) is 18.1 Å². The van der Waals surface area contributed by atoms with Crippen LogP contribution >= 0.6 is 0 Å². The Hall–Kier alpha value is -5.08. The maximum Gasteiger partial charge on any atom is 0.416 e. The summed E-state index contributed by atoms with van der Waals surface area (Å²) in [7, 11) is 3.96. The normalized spacial score (nSPS) is 12.0. The van der Waals surface area contributed by atoms with Gasteiger partial charge in [0.1, 0.15) is 5.69 Å². The van der Waals surface area contributed by atoms with Crippen LogP contribution in [0.2, 0.25) is 0 Å². The van der Waals surface area contributed by atoms with Crippen molar-refractivity contribution in [1.29, 1.82) is 0 Å². The molecule has 1 amide bonds. The Kier molecular flexibility index (Phi) is 9.29. The molecule has 0 atom stereocenters. The number of alkyl halides is 3. The van der Waals surface area contributed by atoms with E-state index in [9.17, 15) is 18.0 Å². The second-order valence-corrected chi connectivity index (χ2v) is 9.66. The van der Waals surface area contributed by atoms with Crippen LogP contribution in [0.15, 0.2) is 83.9 Å². The molecule has 0 radical (unpaired) electrons. The third-order valence-electron chi connectivity index (χ3n) is 6.17. The van der Waals surface area contributed by atoms with E-state index in [0.717, 1.165) is 24.2 Å². The maximum absolute atomic E-state index is 13.0. The molecule has 42 heavy (non-hydrogen) atoms. The molecule has 4 rings (SSSR count). The van der Waals surface area contributed by atoms with Gasteiger partial charge in [0.25, 0.3) is 5.91 Å². The SMILES string of the molecule is Cc1ccc(C(=O)Nc2cccc(C(F)(F)F)c2)cc1C#Cc1cnc2c(NC(C=NCCN(C)C)=CN)cccn12. The number of rotatable bonds is 8. The number of carbonyl (C=O) groups excluding carboxylic acids is 1. The van der Waals surface area contributed by atoms with Crippen LogP contribution in [0.1, 0.15) is 32.7 Å². The van der Waals surface area contributed by atoms with E-state index in [4.69, 9.17) is 5.73 Å². The number of benzene rings is 2. The van der Waals surface area contributed by atoms with E-state index in [1.54, 1.807) is 30.6 Å². The van der Waals surface area contributed by atoms with E-state index >= 15 is 0 Å². The highest BCUT2D eigenvalue weighted by atomic mass is 19.4. The molecule has 8 nitrogen and oxygen atoms in total. The predicted octanol–water partition coefficient (Wildman–Crippen LogP) is 5.16. The number of hydrogen-bond acceptors (Lipinski definition) is 6. The van der Waals surface area contributed by atoms with Gasteiger partial charge in [-0.2, -0.15) is 13.2 Å². The van der Waals surface area contributed by atoms with Crippen molar-refractivity contribution in [1.82, 2.24) is 14.3 Å². The van der Waals surface area contributed by atoms with Gasteiger partial charge in [0.05, 0.1) is 29.7 Å². The number of likely N-dealkylation sites (N-methyl/N-ethyl adjacent to an activating group) is 1. The Bertz CT molecular complexity index is 1710. The molecule has 2 aromatic heterocycles. The Morgan fingerprint density at radius 2 is 1.93 bits per heavy atom. The number of anilines is 2. The van der Waals surface area contributed by atoms with Gasteiger partial charge < -0.3 is 21.3 Å². The number of carbonyl (C=O) groups is 1. The van der Waals surface area contributed by atoms with Gasteiger partial charge >= 0.3 is 6.18 Å². The molecule has 0 saturated heterocycles. The van der Waals surface area contributed by atoms with Crippen LogP contribution in [-0.4, -0.2) is 53.6 Å². The van der Waals surface area contributed by atoms with Crippen molar-refractivity contribution in [2.75, 3.05) is 37.8 Å². The first-order chi connectivity index (χ1) is 20.0. The maximum atomic E-state index is 13.0. The van der Waals surface area contributed by atoms with Crippen molar-refractivity contribution < 1.29 is 18.0 Å². The van der Waals surface area contributed by atoms with Crippen molar-refractivity contribution in [3.8, 4) is 11.8 Å². The number of allylic oxidation sites excluding steroid dienone is 1. The average Bonchev–Trinajstić information content (AvgIpc) is 3.37. The first-order valence-electron chi connectivity index (χ1n) is 13.0. The standard InChI is InChI=1S/C31H30F3N7O/c1-21-9-10-23(30(42)39-25-7-4-6-24(17-25)31(32,33)34)16-22(21)11-12-27-20-37-29-28(8-5-14-41(27)29)38-26(18-35)19-36-13-15-40(2)3/h4-10,14,16-20,38H,13,15,35H2,1-3H3,(H,39,42). The van der Waals surface area contributed by atoms with Crippen LogP contribution in [0.25, 0.3) is 5.65 Å². The highest BCUT2D eigenvalue weighted by molar-refractivity contribution is 6.04. The highest BCUT2D eigenvalue weighted by Gasteiger charge is 2.30. The Morgan fingerprint density at radius 3 is 2.67 bits per heavy atom. The number of halogens is 3. The molecule has 4 aromatic rings. The lowest BCUT2D eigenvalue weighted by molar-refractivity contribution is -0.137. The van der Waals surface area contributed by atoms with E-state index in [2.05, 4.69) is 32.5 Å². The molecule has 2 heterocycles. The molecule has 0 aliphatic rings. The van der Waals surface area contributed by atoms with Crippen molar-refractivity contribution in [3.05, 3.63) is 107 Å².